The van der Waals surface area contributed by atoms with Crippen LogP contribution in [0.2, 0.25) is 0 Å². The van der Waals surface area contributed by atoms with Crippen molar-refractivity contribution < 1.29 is 18.8 Å². The number of piperazine rings is 1. The summed E-state index contributed by atoms with van der Waals surface area (Å²) < 4.78 is 15.9. The summed E-state index contributed by atoms with van der Waals surface area (Å²) in [5, 5.41) is 2.24. The number of carbonyl (C=O) groups is 3. The summed E-state index contributed by atoms with van der Waals surface area (Å²) in [4.78, 5) is 51.7. The Morgan fingerprint density at radius 3 is 2.33 bits per heavy atom. The Morgan fingerprint density at radius 1 is 0.882 bits per heavy atom. The van der Waals surface area contributed by atoms with Gasteiger partial charge in [-0.2, -0.15) is 0 Å². The Balaban J connectivity index is 1.03. The van der Waals surface area contributed by atoms with Gasteiger partial charge < -0.3 is 24.9 Å². The number of urea groups is 1. The summed E-state index contributed by atoms with van der Waals surface area (Å²) in [6.07, 6.45) is 8.17. The zero-order valence-electron chi connectivity index (χ0n) is 30.6. The smallest absolute Gasteiger partial charge is 0.322 e. The normalized spacial score (nSPS) is 24.5. The van der Waals surface area contributed by atoms with E-state index in [4.69, 9.17) is 0 Å². The summed E-state index contributed by atoms with van der Waals surface area (Å²) in [6, 6.07) is 13.3. The van der Waals surface area contributed by atoms with Crippen LogP contribution in [-0.2, 0) is 16.0 Å². The highest BCUT2D eigenvalue weighted by Crippen LogP contribution is 2.49. The van der Waals surface area contributed by atoms with Gasteiger partial charge in [0.05, 0.1) is 10.9 Å². The Hall–Kier alpha value is -3.31. The lowest BCUT2D eigenvalue weighted by molar-refractivity contribution is -0.137. The molecule has 11 heteroatoms. The van der Waals surface area contributed by atoms with E-state index in [-0.39, 0.29) is 47.0 Å². The molecule has 3 saturated heterocycles. The molecule has 4 heterocycles. The van der Waals surface area contributed by atoms with Gasteiger partial charge in [0.1, 0.15) is 11.2 Å². The molecule has 1 N–H and O–H groups in total. The molecule has 7 rings (SSSR count). The minimum absolute atomic E-state index is 0.00683. The van der Waals surface area contributed by atoms with Gasteiger partial charge in [-0.25, -0.2) is 9.18 Å². The van der Waals surface area contributed by atoms with Gasteiger partial charge in [-0.05, 0) is 76.5 Å². The number of likely N-dealkylation sites (tertiary alicyclic amines) is 1. The monoisotopic (exact) mass is 718 g/mol. The van der Waals surface area contributed by atoms with Gasteiger partial charge >= 0.3 is 6.03 Å². The molecule has 5 aliphatic rings. The lowest BCUT2D eigenvalue weighted by Gasteiger charge is -2.44. The maximum Gasteiger partial charge on any atom is 0.322 e. The lowest BCUT2D eigenvalue weighted by atomic mass is 9.88. The maximum atomic E-state index is 15.9. The van der Waals surface area contributed by atoms with E-state index in [2.05, 4.69) is 42.0 Å². The fourth-order valence-electron chi connectivity index (χ4n) is 8.92. The Labute approximate surface area is 307 Å². The number of rotatable bonds is 7. The van der Waals surface area contributed by atoms with Crippen molar-refractivity contribution in [2.45, 2.75) is 101 Å². The molecule has 1 aliphatic carbocycles. The van der Waals surface area contributed by atoms with E-state index in [0.717, 1.165) is 62.3 Å². The van der Waals surface area contributed by atoms with Crippen LogP contribution in [0.5, 0.6) is 0 Å². The molecule has 4 aliphatic heterocycles. The Morgan fingerprint density at radius 2 is 1.61 bits per heavy atom. The van der Waals surface area contributed by atoms with Crippen LogP contribution in [0.3, 0.4) is 0 Å². The van der Waals surface area contributed by atoms with Crippen molar-refractivity contribution in [3.8, 4) is 0 Å². The third-order valence-electron chi connectivity index (χ3n) is 11.9. The van der Waals surface area contributed by atoms with E-state index >= 15 is 4.39 Å². The van der Waals surface area contributed by atoms with Crippen LogP contribution in [-0.4, -0.2) is 107 Å². The predicted octanol–water partition coefficient (Wildman–Crippen LogP) is 6.74. The van der Waals surface area contributed by atoms with Gasteiger partial charge in [0.2, 0.25) is 11.8 Å². The van der Waals surface area contributed by atoms with Crippen LogP contribution < -0.4 is 10.2 Å². The van der Waals surface area contributed by atoms with Gasteiger partial charge in [0.25, 0.3) is 0 Å². The number of para-hydroxylation sites is 2. The number of benzene rings is 2. The Kier molecular flexibility index (Phi) is 10.9. The maximum absolute atomic E-state index is 15.9. The number of thioether (sulfide) groups is 1. The molecule has 4 amide bonds. The first-order valence-electron chi connectivity index (χ1n) is 19.2. The number of carbonyl (C=O) groups excluding carboxylic acids is 3. The summed E-state index contributed by atoms with van der Waals surface area (Å²) in [5.74, 6) is 0.178. The molecule has 0 spiro atoms. The topological polar surface area (TPSA) is 79.4 Å². The van der Waals surface area contributed by atoms with Crippen molar-refractivity contribution in [3.05, 3.63) is 59.4 Å². The molecule has 9 nitrogen and oxygen atoms in total. The van der Waals surface area contributed by atoms with Crippen LogP contribution >= 0.6 is 11.8 Å². The van der Waals surface area contributed by atoms with Crippen LogP contribution in [0.25, 0.3) is 0 Å². The second-order valence-corrected chi connectivity index (χ2v) is 17.4. The number of hydrogen-bond acceptors (Lipinski definition) is 6. The molecule has 276 valence electrons. The molecule has 0 aromatic heterocycles. The number of piperidine rings is 1. The average Bonchev–Trinajstić information content (AvgIpc) is 3.31. The first-order valence-corrected chi connectivity index (χ1v) is 20.2. The van der Waals surface area contributed by atoms with Crippen LogP contribution in [0.1, 0.15) is 88.6 Å². The molecule has 1 unspecified atom stereocenters. The molecule has 2 atom stereocenters. The first kappa shape index (κ1) is 36.1. The average molecular weight is 719 g/mol. The van der Waals surface area contributed by atoms with E-state index in [0.29, 0.717) is 50.6 Å². The van der Waals surface area contributed by atoms with E-state index in [1.54, 1.807) is 12.1 Å². The van der Waals surface area contributed by atoms with Crippen molar-refractivity contribution in [3.63, 3.8) is 0 Å². The standard InChI is InChI=1S/C40H55FN6O3S/c1-40(2,3)45-24-22-44(23-25-45)36-31(13-9-14-32(36)41)38-47(27-28-10-5-4-6-11-28)37(49)34(51-38)26-35(48)43-19-17-30(18-20-43)46-21-16-29-12-7-8-15-33(29)42-39(46)50/h7-9,12-15,28,30,34,38H,4-6,10-11,16-27H2,1-3H3,(H,42,50)/t34-,38?/m1/s1. The summed E-state index contributed by atoms with van der Waals surface area (Å²) >= 11 is 1.54. The number of amides is 4. The number of hydrogen-bond donors (Lipinski definition) is 1. The third kappa shape index (κ3) is 7.89. The molecule has 0 radical (unpaired) electrons. The summed E-state index contributed by atoms with van der Waals surface area (Å²) in [5.41, 5.74) is 3.53. The van der Waals surface area contributed by atoms with Gasteiger partial charge in [-0.15, -0.1) is 11.8 Å². The quantitative estimate of drug-likeness (QED) is 0.342. The number of halogens is 1. The van der Waals surface area contributed by atoms with Crippen molar-refractivity contribution >= 4 is 41.0 Å². The number of nitrogens with one attached hydrogen (secondary N) is 1. The number of fused-ring (bicyclic) bond motifs is 1. The number of anilines is 2. The number of nitrogens with zero attached hydrogens (tertiary/aromatic N) is 5. The third-order valence-corrected chi connectivity index (χ3v) is 13.4. The summed E-state index contributed by atoms with van der Waals surface area (Å²) in [6.45, 7) is 12.3. The molecular formula is C40H55FN6O3S. The van der Waals surface area contributed by atoms with Crippen molar-refractivity contribution in [1.29, 1.82) is 0 Å². The molecular weight excluding hydrogens is 664 g/mol. The van der Waals surface area contributed by atoms with Crippen LogP contribution in [0, 0.1) is 11.7 Å². The van der Waals surface area contributed by atoms with Gasteiger partial charge in [-0.1, -0.05) is 49.6 Å². The minimum Gasteiger partial charge on any atom is -0.366 e. The zero-order valence-corrected chi connectivity index (χ0v) is 31.4. The van der Waals surface area contributed by atoms with Gasteiger partial charge in [-0.3, -0.25) is 14.5 Å². The van der Waals surface area contributed by atoms with Crippen molar-refractivity contribution in [2.75, 3.05) is 62.6 Å². The minimum atomic E-state index is -0.507. The highest BCUT2D eigenvalue weighted by molar-refractivity contribution is 8.01. The van der Waals surface area contributed by atoms with Crippen LogP contribution in [0.4, 0.5) is 20.6 Å². The fourth-order valence-corrected chi connectivity index (χ4v) is 10.4. The van der Waals surface area contributed by atoms with Gasteiger partial charge in [0.15, 0.2) is 0 Å². The molecule has 1 saturated carbocycles. The van der Waals surface area contributed by atoms with Crippen molar-refractivity contribution in [2.24, 2.45) is 5.92 Å². The second kappa shape index (κ2) is 15.3. The molecule has 2 aromatic carbocycles. The second-order valence-electron chi connectivity index (χ2n) is 16.1. The molecule has 51 heavy (non-hydrogen) atoms. The Bertz CT molecular complexity index is 1580. The van der Waals surface area contributed by atoms with E-state index in [9.17, 15) is 14.4 Å². The first-order chi connectivity index (χ1) is 24.6. The zero-order chi connectivity index (χ0) is 35.7. The SMILES string of the molecule is CC(C)(C)N1CCN(c2c(F)cccc2C2S[C@H](CC(=O)N3CCC(N4CCc5ccccc5NC4=O)CC3)C(=O)N2CC2CCCCC2)CC1. The predicted molar refractivity (Wildman–Crippen MR) is 202 cm³/mol. The van der Waals surface area contributed by atoms with E-state index in [1.165, 1.54) is 31.0 Å². The largest absolute Gasteiger partial charge is 0.366 e. The highest BCUT2D eigenvalue weighted by Gasteiger charge is 2.45. The molecule has 0 bridgehead atoms. The van der Waals surface area contributed by atoms with Gasteiger partial charge in [0, 0.05) is 81.6 Å². The van der Waals surface area contributed by atoms with E-state index < -0.39 is 5.25 Å². The fraction of sp³-hybridized carbons (Fsp3) is 0.625. The highest BCUT2D eigenvalue weighted by atomic mass is 32.2. The molecule has 4 fully saturated rings. The van der Waals surface area contributed by atoms with E-state index in [1.807, 2.05) is 39.0 Å². The lowest BCUT2D eigenvalue weighted by Crippen LogP contribution is -2.53. The van der Waals surface area contributed by atoms with Crippen molar-refractivity contribution in [1.82, 2.24) is 19.6 Å². The summed E-state index contributed by atoms with van der Waals surface area (Å²) in [7, 11) is 0. The molecule has 2 aromatic rings. The van der Waals surface area contributed by atoms with Crippen LogP contribution in [0.15, 0.2) is 42.5 Å².